The highest BCUT2D eigenvalue weighted by Gasteiger charge is 2.24. The molecule has 0 spiro atoms. The lowest BCUT2D eigenvalue weighted by Crippen LogP contribution is -2.25. The van der Waals surface area contributed by atoms with Gasteiger partial charge < -0.3 is 30.4 Å². The van der Waals surface area contributed by atoms with E-state index in [1.54, 1.807) is 36.6 Å². The van der Waals surface area contributed by atoms with Crippen LogP contribution < -0.4 is 26.3 Å². The molecule has 6 rings (SSSR count). The molecular weight excluding hydrogens is 1200 g/mol. The second kappa shape index (κ2) is 37.0. The Morgan fingerprint density at radius 2 is 1.05 bits per heavy atom. The number of halogens is 4. The third-order valence-corrected chi connectivity index (χ3v) is 17.1. The monoisotopic (exact) mass is 1280 g/mol. The number of sulfonamides is 1. The minimum absolute atomic E-state index is 0.00585. The van der Waals surface area contributed by atoms with E-state index in [1.807, 2.05) is 39.8 Å². The minimum atomic E-state index is -3.91. The summed E-state index contributed by atoms with van der Waals surface area (Å²) in [6.45, 7) is 13.0. The Bertz CT molecular complexity index is 3360. The molecular formula is C66H85Cl4N5O10S. The number of fused-ring (bicyclic) bond motifs is 2. The van der Waals surface area contributed by atoms with Crippen molar-refractivity contribution in [2.24, 2.45) is 0 Å². The Morgan fingerprint density at radius 3 is 1.62 bits per heavy atom. The number of aryl methyl sites for hydroxylation is 1. The van der Waals surface area contributed by atoms with Crippen LogP contribution in [0.15, 0.2) is 95.6 Å². The minimum Gasteiger partial charge on any atom is -0.506 e. The molecule has 86 heavy (non-hydrogen) atoms. The van der Waals surface area contributed by atoms with E-state index in [0.717, 1.165) is 56.1 Å². The highest BCUT2D eigenvalue weighted by molar-refractivity contribution is 7.89. The molecule has 15 nitrogen and oxygen atoms in total. The number of benzene rings is 6. The van der Waals surface area contributed by atoms with Crippen molar-refractivity contribution >= 4 is 119 Å². The highest BCUT2D eigenvalue weighted by Crippen LogP contribution is 2.38. The summed E-state index contributed by atoms with van der Waals surface area (Å²) in [5.41, 5.74) is 9.23. The fraction of sp³-hybridized carbons (Fsp3) is 0.439. The first-order valence-corrected chi connectivity index (χ1v) is 33.0. The van der Waals surface area contributed by atoms with Crippen molar-refractivity contribution in [1.29, 1.82) is 0 Å². The third kappa shape index (κ3) is 22.0. The topological polar surface area (TPSA) is 214 Å². The number of anilines is 4. The Balaban J connectivity index is 0.000000315. The van der Waals surface area contributed by atoms with E-state index in [4.69, 9.17) is 60.8 Å². The molecule has 0 aliphatic heterocycles. The fourth-order valence-corrected chi connectivity index (χ4v) is 12.0. The molecule has 0 atom stereocenters. The summed E-state index contributed by atoms with van der Waals surface area (Å²) >= 11 is 25.4. The lowest BCUT2D eigenvalue weighted by molar-refractivity contribution is 0.0497. The van der Waals surface area contributed by atoms with E-state index in [9.17, 15) is 33.0 Å². The number of hydrogen-bond acceptors (Lipinski definition) is 12. The maximum Gasteiger partial charge on any atom is 0.339 e. The van der Waals surface area contributed by atoms with Gasteiger partial charge in [0, 0.05) is 28.1 Å². The summed E-state index contributed by atoms with van der Waals surface area (Å²) in [4.78, 5) is 49.6. The van der Waals surface area contributed by atoms with Crippen LogP contribution in [0, 0.1) is 6.92 Å². The van der Waals surface area contributed by atoms with Crippen LogP contribution >= 0.6 is 46.4 Å². The SMILES string of the molecule is CCCCCCCCCCCCNS(=O)(=O)c1cc(Cl)c(NC(=O)c2ccc3c(NOC=C(C)C)cc(C)cc3c2O)cc1Cl.CCCCCCCCCCCCOC(=O)c1cc(NC(=O)c2ccc3c(NOCC)cccc3c2O)c(Cl)cc1Cl. The van der Waals surface area contributed by atoms with E-state index in [1.165, 1.54) is 120 Å². The predicted octanol–water partition coefficient (Wildman–Crippen LogP) is 19.4. The molecule has 2 amide bonds. The van der Waals surface area contributed by atoms with Crippen molar-refractivity contribution in [2.45, 2.75) is 175 Å². The van der Waals surface area contributed by atoms with Gasteiger partial charge >= 0.3 is 5.97 Å². The zero-order chi connectivity index (χ0) is 62.6. The number of nitrogens with one attached hydrogen (secondary N) is 5. The average molecular weight is 1280 g/mol. The number of aromatic hydroxyl groups is 2. The standard InChI is InChI=1S/C34H45Cl2N3O5S.C32H40Cl2N2O5/c1-5-6-7-8-9-10-11-12-13-14-17-37-45(42,43)32-21-28(35)31(20-29(32)36)38-34(41)26-16-15-25-27(33(26)40)18-24(4)19-30(25)39-44-22-23(2)3;1-3-5-6-7-8-9-10-11-12-13-19-40-32(39)25-20-29(27(34)21-26(25)33)35-31(38)24-18-17-22-23(30(24)37)15-14-16-28(22)36-41-4-2/h15-16,18-22,37,39-40H,5-14,17H2,1-4H3,(H,38,41);14-18,20-21,36-37H,3-13,19H2,1-2H3,(H,35,38). The second-order valence-corrected chi connectivity index (χ2v) is 24.9. The molecule has 0 unspecified atom stereocenters. The van der Waals surface area contributed by atoms with Crippen LogP contribution in [-0.4, -0.2) is 56.2 Å². The lowest BCUT2D eigenvalue weighted by atomic mass is 10.0. The van der Waals surface area contributed by atoms with Crippen molar-refractivity contribution < 1.29 is 47.4 Å². The molecule has 7 N–H and O–H groups in total. The number of rotatable bonds is 35. The molecule has 0 saturated heterocycles. The van der Waals surface area contributed by atoms with Crippen molar-refractivity contribution in [3.63, 3.8) is 0 Å². The first-order chi connectivity index (χ1) is 41.3. The zero-order valence-corrected chi connectivity index (χ0v) is 54.3. The average Bonchev–Trinajstić information content (AvgIpc) is 1.10. The summed E-state index contributed by atoms with van der Waals surface area (Å²) in [6.07, 6.45) is 24.9. The van der Waals surface area contributed by atoms with E-state index >= 15 is 0 Å². The van der Waals surface area contributed by atoms with Gasteiger partial charge in [-0.1, -0.05) is 200 Å². The molecule has 0 bridgehead atoms. The maximum absolute atomic E-state index is 13.2. The van der Waals surface area contributed by atoms with Crippen LogP contribution in [0.1, 0.15) is 200 Å². The van der Waals surface area contributed by atoms with Crippen LogP contribution in [0.3, 0.4) is 0 Å². The van der Waals surface area contributed by atoms with Gasteiger partial charge in [-0.05, 0) is 106 Å². The molecule has 0 aromatic heterocycles. The molecule has 0 saturated carbocycles. The molecule has 0 fully saturated rings. The maximum atomic E-state index is 13.2. The second-order valence-electron chi connectivity index (χ2n) is 21.6. The summed E-state index contributed by atoms with van der Waals surface area (Å²) in [5.74, 6) is -2.24. The smallest absolute Gasteiger partial charge is 0.339 e. The first kappa shape index (κ1) is 70.8. The van der Waals surface area contributed by atoms with Crippen molar-refractivity contribution in [1.82, 2.24) is 4.72 Å². The van der Waals surface area contributed by atoms with E-state index in [0.29, 0.717) is 52.7 Å². The number of ether oxygens (including phenoxy) is 1. The van der Waals surface area contributed by atoms with Gasteiger partial charge in [-0.15, -0.1) is 0 Å². The normalized spacial score (nSPS) is 11.2. The van der Waals surface area contributed by atoms with Gasteiger partial charge in [-0.2, -0.15) is 0 Å². The van der Waals surface area contributed by atoms with E-state index in [-0.39, 0.29) is 64.6 Å². The lowest BCUT2D eigenvalue weighted by Gasteiger charge is -2.15. The van der Waals surface area contributed by atoms with Crippen LogP contribution in [0.4, 0.5) is 22.7 Å². The third-order valence-electron chi connectivity index (χ3n) is 14.2. The van der Waals surface area contributed by atoms with Crippen molar-refractivity contribution in [3.8, 4) is 11.5 Å². The summed E-state index contributed by atoms with van der Waals surface area (Å²) in [6, 6.07) is 20.6. The number of phenolic OH excluding ortho intramolecular Hbond substituents is 2. The van der Waals surface area contributed by atoms with Crippen LogP contribution in [0.25, 0.3) is 21.5 Å². The molecule has 0 aliphatic carbocycles. The number of esters is 1. The zero-order valence-electron chi connectivity index (χ0n) is 50.4. The van der Waals surface area contributed by atoms with E-state index < -0.39 is 27.8 Å². The predicted molar refractivity (Wildman–Crippen MR) is 353 cm³/mol. The largest absolute Gasteiger partial charge is 0.506 e. The molecule has 0 heterocycles. The van der Waals surface area contributed by atoms with Gasteiger partial charge in [-0.3, -0.25) is 19.9 Å². The Hall–Kier alpha value is -5.98. The van der Waals surface area contributed by atoms with Crippen LogP contribution in [0.5, 0.6) is 11.5 Å². The van der Waals surface area contributed by atoms with Crippen LogP contribution in [0.2, 0.25) is 20.1 Å². The van der Waals surface area contributed by atoms with E-state index in [2.05, 4.69) is 40.2 Å². The van der Waals surface area contributed by atoms with Gasteiger partial charge in [0.05, 0.1) is 72.7 Å². The number of allylic oxidation sites excluding steroid dienone is 1. The molecule has 468 valence electrons. The van der Waals surface area contributed by atoms with Gasteiger partial charge in [-0.25, -0.2) is 23.4 Å². The Morgan fingerprint density at radius 1 is 0.523 bits per heavy atom. The summed E-state index contributed by atoms with van der Waals surface area (Å²) < 4.78 is 33.9. The van der Waals surface area contributed by atoms with Gasteiger partial charge in [0.2, 0.25) is 10.0 Å². The quantitative estimate of drug-likeness (QED) is 0.00857. The van der Waals surface area contributed by atoms with Gasteiger partial charge in [0.15, 0.2) is 0 Å². The van der Waals surface area contributed by atoms with Crippen LogP contribution in [-0.2, 0) is 24.4 Å². The molecule has 6 aromatic rings. The summed E-state index contributed by atoms with van der Waals surface area (Å²) in [7, 11) is -3.91. The number of carbonyl (C=O) groups is 3. The molecule has 0 aliphatic rings. The fourth-order valence-electron chi connectivity index (χ4n) is 9.55. The van der Waals surface area contributed by atoms with Gasteiger partial charge in [0.1, 0.15) is 22.7 Å². The molecule has 6 aromatic carbocycles. The number of unbranched alkanes of at least 4 members (excludes halogenated alkanes) is 18. The number of hydrogen-bond donors (Lipinski definition) is 7. The number of carbonyl (C=O) groups excluding carboxylic acids is 3. The Kier molecular flexibility index (Phi) is 30.5. The van der Waals surface area contributed by atoms with Gasteiger partial charge in [0.25, 0.3) is 11.8 Å². The first-order valence-electron chi connectivity index (χ1n) is 30.0. The number of phenols is 2. The number of amides is 2. The summed E-state index contributed by atoms with van der Waals surface area (Å²) in [5, 5.41) is 29.7. The molecule has 20 heteroatoms. The van der Waals surface area contributed by atoms with Crippen molar-refractivity contribution in [3.05, 3.63) is 133 Å². The van der Waals surface area contributed by atoms with Crippen molar-refractivity contribution in [2.75, 3.05) is 41.4 Å². The highest BCUT2D eigenvalue weighted by atomic mass is 35.5. The Labute approximate surface area is 528 Å². The molecule has 0 radical (unpaired) electrons.